The minimum atomic E-state index is -0.344. The number of methoxy groups -OCH3 is 1. The number of carbonyl (C=O) groups excluding carboxylic acids is 2. The van der Waals surface area contributed by atoms with Crippen molar-refractivity contribution < 1.29 is 18.7 Å². The summed E-state index contributed by atoms with van der Waals surface area (Å²) in [4.78, 5) is 28.4. The quantitative estimate of drug-likeness (QED) is 0.881. The van der Waals surface area contributed by atoms with Gasteiger partial charge in [-0.1, -0.05) is 6.42 Å². The van der Waals surface area contributed by atoms with Gasteiger partial charge in [0.1, 0.15) is 5.52 Å². The summed E-state index contributed by atoms with van der Waals surface area (Å²) < 4.78 is 10.2. The number of hydrogen-bond donors (Lipinski definition) is 1. The zero-order valence-electron chi connectivity index (χ0n) is 12.6. The molecule has 1 aliphatic carbocycles. The molecule has 1 amide bonds. The third kappa shape index (κ3) is 2.68. The summed E-state index contributed by atoms with van der Waals surface area (Å²) in [6.07, 6.45) is 2.27. The van der Waals surface area contributed by atoms with Gasteiger partial charge < -0.3 is 14.5 Å². The lowest BCUT2D eigenvalue weighted by Gasteiger charge is -2.17. The second kappa shape index (κ2) is 5.79. The van der Waals surface area contributed by atoms with Crippen LogP contribution in [-0.4, -0.2) is 24.0 Å². The molecule has 1 aromatic carbocycles. The van der Waals surface area contributed by atoms with Gasteiger partial charge in [0.25, 0.3) is 0 Å². The molecule has 1 aromatic heterocycles. The Morgan fingerprint density at radius 2 is 2.09 bits per heavy atom. The van der Waals surface area contributed by atoms with Gasteiger partial charge in [0, 0.05) is 12.6 Å². The van der Waals surface area contributed by atoms with E-state index < -0.39 is 0 Å². The van der Waals surface area contributed by atoms with E-state index in [0.717, 1.165) is 6.42 Å². The van der Waals surface area contributed by atoms with Crippen LogP contribution in [0.3, 0.4) is 0 Å². The molecule has 0 spiro atoms. The summed E-state index contributed by atoms with van der Waals surface area (Å²) >= 11 is 0. The molecule has 2 aromatic rings. The van der Waals surface area contributed by atoms with E-state index in [1.807, 2.05) is 0 Å². The molecule has 1 heterocycles. The molecule has 22 heavy (non-hydrogen) atoms. The number of amides is 1. The number of ether oxygens (including phenoxy) is 1. The minimum absolute atomic E-state index is 0.146. The van der Waals surface area contributed by atoms with Crippen molar-refractivity contribution in [3.8, 4) is 0 Å². The Balaban J connectivity index is 1.76. The zero-order valence-corrected chi connectivity index (χ0v) is 12.6. The van der Waals surface area contributed by atoms with Crippen LogP contribution in [-0.2, 0) is 14.3 Å². The topological polar surface area (TPSA) is 81.4 Å². The normalized spacial score (nSPS) is 21.0. The van der Waals surface area contributed by atoms with Crippen LogP contribution < -0.4 is 5.32 Å². The van der Waals surface area contributed by atoms with Crippen molar-refractivity contribution in [2.24, 2.45) is 11.8 Å². The first-order valence-corrected chi connectivity index (χ1v) is 7.34. The van der Waals surface area contributed by atoms with Crippen LogP contribution in [0.15, 0.2) is 22.6 Å². The number of benzene rings is 1. The summed E-state index contributed by atoms with van der Waals surface area (Å²) in [5, 5.41) is 2.87. The van der Waals surface area contributed by atoms with Gasteiger partial charge in [0.15, 0.2) is 11.5 Å². The van der Waals surface area contributed by atoms with Crippen LogP contribution >= 0.6 is 0 Å². The van der Waals surface area contributed by atoms with Crippen molar-refractivity contribution in [2.75, 3.05) is 12.4 Å². The molecular weight excluding hydrogens is 284 g/mol. The molecule has 6 nitrogen and oxygen atoms in total. The van der Waals surface area contributed by atoms with Crippen molar-refractivity contribution in [3.63, 3.8) is 0 Å². The van der Waals surface area contributed by atoms with Crippen LogP contribution in [0.25, 0.3) is 11.1 Å². The van der Waals surface area contributed by atoms with Gasteiger partial charge in [0.05, 0.1) is 18.9 Å². The standard InChI is InChI=1S/C16H18N2O4/c1-9-17-13-8-10(6-7-14(13)22-9)18-15(19)11-4-3-5-12(11)16(20)21-2/h6-8,11-12H,3-5H2,1-2H3,(H,18,19)/t11-,12-/m1/s1. The summed E-state index contributed by atoms with van der Waals surface area (Å²) in [5.74, 6) is -0.544. The number of nitrogens with zero attached hydrogens (tertiary/aromatic N) is 1. The zero-order chi connectivity index (χ0) is 15.7. The smallest absolute Gasteiger partial charge is 0.309 e. The van der Waals surface area contributed by atoms with Gasteiger partial charge in [-0.05, 0) is 31.0 Å². The highest BCUT2D eigenvalue weighted by molar-refractivity contribution is 5.96. The molecule has 116 valence electrons. The van der Waals surface area contributed by atoms with Gasteiger partial charge in [-0.15, -0.1) is 0 Å². The maximum atomic E-state index is 12.4. The molecule has 6 heteroatoms. The Bertz CT molecular complexity index is 722. The third-order valence-electron chi connectivity index (χ3n) is 4.12. The second-order valence-electron chi connectivity index (χ2n) is 5.57. The number of fused-ring (bicyclic) bond motifs is 1. The summed E-state index contributed by atoms with van der Waals surface area (Å²) in [7, 11) is 1.36. The number of hydrogen-bond acceptors (Lipinski definition) is 5. The Morgan fingerprint density at radius 1 is 1.32 bits per heavy atom. The maximum Gasteiger partial charge on any atom is 0.309 e. The second-order valence-corrected chi connectivity index (χ2v) is 5.57. The molecule has 0 unspecified atom stereocenters. The number of oxazole rings is 1. The van der Waals surface area contributed by atoms with Crippen LogP contribution in [0.4, 0.5) is 5.69 Å². The largest absolute Gasteiger partial charge is 0.469 e. The predicted octanol–water partition coefficient (Wildman–Crippen LogP) is 2.66. The molecule has 1 N–H and O–H groups in total. The number of anilines is 1. The van der Waals surface area contributed by atoms with E-state index in [1.165, 1.54) is 7.11 Å². The van der Waals surface area contributed by atoms with E-state index in [4.69, 9.17) is 9.15 Å². The first-order valence-electron chi connectivity index (χ1n) is 7.34. The predicted molar refractivity (Wildman–Crippen MR) is 80.2 cm³/mol. The molecule has 1 fully saturated rings. The van der Waals surface area contributed by atoms with Crippen LogP contribution in [0, 0.1) is 18.8 Å². The molecule has 1 aliphatic rings. The van der Waals surface area contributed by atoms with Crippen molar-refractivity contribution in [3.05, 3.63) is 24.1 Å². The minimum Gasteiger partial charge on any atom is -0.469 e. The van der Waals surface area contributed by atoms with Crippen molar-refractivity contribution >= 4 is 28.7 Å². The van der Waals surface area contributed by atoms with E-state index in [2.05, 4.69) is 10.3 Å². The molecule has 2 atom stereocenters. The Hall–Kier alpha value is -2.37. The molecular formula is C16H18N2O4. The van der Waals surface area contributed by atoms with Crippen molar-refractivity contribution in [1.29, 1.82) is 0 Å². The fraction of sp³-hybridized carbons (Fsp3) is 0.438. The lowest BCUT2D eigenvalue weighted by atomic mass is 9.95. The Morgan fingerprint density at radius 3 is 2.86 bits per heavy atom. The lowest BCUT2D eigenvalue weighted by molar-refractivity contribution is -0.148. The van der Waals surface area contributed by atoms with Crippen molar-refractivity contribution in [2.45, 2.75) is 26.2 Å². The number of esters is 1. The SMILES string of the molecule is COC(=O)[C@@H]1CCC[C@H]1C(=O)Nc1ccc2oc(C)nc2c1. The lowest BCUT2D eigenvalue weighted by Crippen LogP contribution is -2.30. The Kier molecular flexibility index (Phi) is 3.83. The van der Waals surface area contributed by atoms with Crippen LogP contribution in [0.5, 0.6) is 0 Å². The number of aromatic nitrogens is 1. The molecule has 3 rings (SSSR count). The van der Waals surface area contributed by atoms with E-state index >= 15 is 0 Å². The molecule has 1 saturated carbocycles. The maximum absolute atomic E-state index is 12.4. The van der Waals surface area contributed by atoms with Gasteiger partial charge in [0.2, 0.25) is 5.91 Å². The highest BCUT2D eigenvalue weighted by Gasteiger charge is 2.38. The van der Waals surface area contributed by atoms with Gasteiger partial charge in [-0.25, -0.2) is 4.98 Å². The van der Waals surface area contributed by atoms with Gasteiger partial charge >= 0.3 is 5.97 Å². The average molecular weight is 302 g/mol. The van der Waals surface area contributed by atoms with Gasteiger partial charge in [-0.2, -0.15) is 0 Å². The first-order chi connectivity index (χ1) is 10.6. The van der Waals surface area contributed by atoms with Crippen LogP contribution in [0.1, 0.15) is 25.2 Å². The van der Waals surface area contributed by atoms with Crippen LogP contribution in [0.2, 0.25) is 0 Å². The fourth-order valence-electron chi connectivity index (χ4n) is 3.06. The third-order valence-corrected chi connectivity index (χ3v) is 4.12. The number of rotatable bonds is 3. The molecule has 0 saturated heterocycles. The summed E-state index contributed by atoms with van der Waals surface area (Å²) in [5.41, 5.74) is 2.04. The van der Waals surface area contributed by atoms with E-state index in [0.29, 0.717) is 35.5 Å². The summed E-state index contributed by atoms with van der Waals surface area (Å²) in [6, 6.07) is 5.32. The monoisotopic (exact) mass is 302 g/mol. The van der Waals surface area contributed by atoms with Gasteiger partial charge in [-0.3, -0.25) is 9.59 Å². The highest BCUT2D eigenvalue weighted by Crippen LogP contribution is 2.33. The summed E-state index contributed by atoms with van der Waals surface area (Å²) in [6.45, 7) is 1.78. The Labute approximate surface area is 127 Å². The molecule has 0 radical (unpaired) electrons. The van der Waals surface area contributed by atoms with E-state index in [1.54, 1.807) is 25.1 Å². The van der Waals surface area contributed by atoms with E-state index in [9.17, 15) is 9.59 Å². The first kappa shape index (κ1) is 14.6. The number of aryl methyl sites for hydroxylation is 1. The fourth-order valence-corrected chi connectivity index (χ4v) is 3.06. The molecule has 0 aliphatic heterocycles. The highest BCUT2D eigenvalue weighted by atomic mass is 16.5. The number of nitrogens with one attached hydrogen (secondary N) is 1. The van der Waals surface area contributed by atoms with E-state index in [-0.39, 0.29) is 23.7 Å². The average Bonchev–Trinajstić information content (AvgIpc) is 3.11. The molecule has 0 bridgehead atoms. The van der Waals surface area contributed by atoms with Crippen molar-refractivity contribution in [1.82, 2.24) is 4.98 Å². The number of carbonyl (C=O) groups is 2.